The lowest BCUT2D eigenvalue weighted by molar-refractivity contribution is -0.149. The minimum absolute atomic E-state index is 0.000550. The van der Waals surface area contributed by atoms with Crippen LogP contribution in [0, 0.1) is 17.3 Å². The number of fused-ring (bicyclic) bond motifs is 3. The van der Waals surface area contributed by atoms with Crippen LogP contribution in [0.15, 0.2) is 28.7 Å². The molecule has 4 rings (SSSR count). The molecule has 21 heavy (non-hydrogen) atoms. The standard InChI is InChI=1S/C16H17BrN2O2/c1-16(2)10-7-19-13(11(10)16)14(20)18-12(15(19)21)8-3-5-9(17)6-4-8/h3-6,10-13H,7H2,1-2H3,(H,18,20)/t10-,11+,12-,13-/m0/s1. The quantitative estimate of drug-likeness (QED) is 0.844. The molecule has 2 saturated heterocycles. The number of piperidine rings is 1. The number of halogens is 1. The number of carbonyl (C=O) groups is 2. The van der Waals surface area contributed by atoms with E-state index in [1.807, 2.05) is 24.3 Å². The minimum Gasteiger partial charge on any atom is -0.339 e. The first kappa shape index (κ1) is 13.3. The summed E-state index contributed by atoms with van der Waals surface area (Å²) < 4.78 is 0.961. The number of hydrogen-bond acceptors (Lipinski definition) is 2. The summed E-state index contributed by atoms with van der Waals surface area (Å²) in [5, 5.41) is 2.92. The molecular formula is C16H17BrN2O2. The summed E-state index contributed by atoms with van der Waals surface area (Å²) in [4.78, 5) is 27.0. The van der Waals surface area contributed by atoms with Crippen LogP contribution in [-0.4, -0.2) is 29.3 Å². The number of amides is 2. The highest BCUT2D eigenvalue weighted by molar-refractivity contribution is 9.10. The lowest BCUT2D eigenvalue weighted by Crippen LogP contribution is -2.59. The normalized spacial score (nSPS) is 36.0. The van der Waals surface area contributed by atoms with Gasteiger partial charge in [-0.15, -0.1) is 0 Å². The maximum absolute atomic E-state index is 12.7. The molecule has 1 saturated carbocycles. The highest BCUT2D eigenvalue weighted by atomic mass is 79.9. The Balaban J connectivity index is 1.63. The van der Waals surface area contributed by atoms with E-state index in [0.29, 0.717) is 11.8 Å². The summed E-state index contributed by atoms with van der Waals surface area (Å²) in [6, 6.07) is 6.76. The summed E-state index contributed by atoms with van der Waals surface area (Å²) in [6.07, 6.45) is 0. The molecule has 0 unspecified atom stereocenters. The summed E-state index contributed by atoms with van der Waals surface area (Å²) in [7, 11) is 0. The number of nitrogens with one attached hydrogen (secondary N) is 1. The molecule has 4 nitrogen and oxygen atoms in total. The molecule has 4 atom stereocenters. The topological polar surface area (TPSA) is 49.4 Å². The minimum atomic E-state index is -0.539. The molecule has 1 aromatic carbocycles. The second kappa shape index (κ2) is 4.09. The highest BCUT2D eigenvalue weighted by Gasteiger charge is 2.70. The van der Waals surface area contributed by atoms with Gasteiger partial charge in [-0.25, -0.2) is 0 Å². The highest BCUT2D eigenvalue weighted by Crippen LogP contribution is 2.65. The Morgan fingerprint density at radius 2 is 1.90 bits per heavy atom. The molecule has 0 bridgehead atoms. The van der Waals surface area contributed by atoms with Gasteiger partial charge < -0.3 is 10.2 Å². The number of nitrogens with zero attached hydrogens (tertiary/aromatic N) is 1. The van der Waals surface area contributed by atoms with Crippen LogP contribution in [0.3, 0.4) is 0 Å². The molecule has 0 aromatic heterocycles. The third-order valence-corrected chi connectivity index (χ3v) is 6.03. The third-order valence-electron chi connectivity index (χ3n) is 5.50. The third kappa shape index (κ3) is 1.73. The van der Waals surface area contributed by atoms with Crippen molar-refractivity contribution in [3.8, 4) is 0 Å². The summed E-state index contributed by atoms with van der Waals surface area (Å²) >= 11 is 3.38. The van der Waals surface area contributed by atoms with Gasteiger partial charge in [-0.1, -0.05) is 41.9 Å². The van der Waals surface area contributed by atoms with Gasteiger partial charge in [0.1, 0.15) is 12.1 Å². The summed E-state index contributed by atoms with van der Waals surface area (Å²) in [5.41, 5.74) is 1.04. The van der Waals surface area contributed by atoms with Gasteiger partial charge in [-0.2, -0.15) is 0 Å². The maximum Gasteiger partial charge on any atom is 0.250 e. The van der Waals surface area contributed by atoms with Gasteiger partial charge in [0.2, 0.25) is 5.91 Å². The average Bonchev–Trinajstić information content (AvgIpc) is 2.83. The van der Waals surface area contributed by atoms with Crippen molar-refractivity contribution >= 4 is 27.7 Å². The number of piperazine rings is 1. The Hall–Kier alpha value is -1.36. The molecule has 3 fully saturated rings. The Morgan fingerprint density at radius 3 is 2.57 bits per heavy atom. The van der Waals surface area contributed by atoms with Crippen LogP contribution in [0.1, 0.15) is 25.5 Å². The monoisotopic (exact) mass is 348 g/mol. The molecule has 110 valence electrons. The first-order valence-electron chi connectivity index (χ1n) is 7.27. The average molecular weight is 349 g/mol. The van der Waals surface area contributed by atoms with Crippen LogP contribution < -0.4 is 5.32 Å². The fourth-order valence-corrected chi connectivity index (χ4v) is 4.41. The van der Waals surface area contributed by atoms with Crippen molar-refractivity contribution in [1.82, 2.24) is 10.2 Å². The molecule has 1 aromatic rings. The van der Waals surface area contributed by atoms with Crippen LogP contribution in [0.5, 0.6) is 0 Å². The molecule has 5 heteroatoms. The zero-order chi connectivity index (χ0) is 14.9. The summed E-state index contributed by atoms with van der Waals surface area (Å²) in [5.74, 6) is 0.832. The second-order valence-electron chi connectivity index (χ2n) is 6.88. The van der Waals surface area contributed by atoms with E-state index in [-0.39, 0.29) is 23.3 Å². The largest absolute Gasteiger partial charge is 0.339 e. The maximum atomic E-state index is 12.7. The van der Waals surface area contributed by atoms with Crippen LogP contribution >= 0.6 is 15.9 Å². The molecule has 1 aliphatic carbocycles. The lowest BCUT2D eigenvalue weighted by atomic mass is 9.95. The predicted octanol–water partition coefficient (Wildman–Crippen LogP) is 2.10. The van der Waals surface area contributed by atoms with Crippen LogP contribution in [0.2, 0.25) is 0 Å². The van der Waals surface area contributed by atoms with E-state index in [4.69, 9.17) is 0 Å². The SMILES string of the molecule is CC1(C)[C@H]2[C@H]3C(=O)N[C@@H](c4ccc(Br)cc4)C(=O)N3C[C@@H]21. The van der Waals surface area contributed by atoms with E-state index in [2.05, 4.69) is 35.1 Å². The van der Waals surface area contributed by atoms with Crippen LogP contribution in [-0.2, 0) is 9.59 Å². The number of rotatable bonds is 1. The van der Waals surface area contributed by atoms with Crippen LogP contribution in [0.25, 0.3) is 0 Å². The number of hydrogen-bond donors (Lipinski definition) is 1. The van der Waals surface area contributed by atoms with Crippen molar-refractivity contribution in [2.75, 3.05) is 6.54 Å². The van der Waals surface area contributed by atoms with Gasteiger partial charge in [0.25, 0.3) is 5.91 Å². The molecule has 2 heterocycles. The molecular weight excluding hydrogens is 332 g/mol. The van der Waals surface area contributed by atoms with Crippen molar-refractivity contribution in [3.05, 3.63) is 34.3 Å². The van der Waals surface area contributed by atoms with Gasteiger partial charge in [-0.05, 0) is 34.9 Å². The van der Waals surface area contributed by atoms with Gasteiger partial charge in [-0.3, -0.25) is 9.59 Å². The fraction of sp³-hybridized carbons (Fsp3) is 0.500. The lowest BCUT2D eigenvalue weighted by Gasteiger charge is -2.38. The second-order valence-corrected chi connectivity index (χ2v) is 7.80. The first-order valence-corrected chi connectivity index (χ1v) is 8.07. The fourth-order valence-electron chi connectivity index (χ4n) is 4.15. The van der Waals surface area contributed by atoms with Crippen LogP contribution in [0.4, 0.5) is 0 Å². The van der Waals surface area contributed by atoms with E-state index < -0.39 is 6.04 Å². The zero-order valence-electron chi connectivity index (χ0n) is 12.0. The Morgan fingerprint density at radius 1 is 1.24 bits per heavy atom. The molecule has 0 spiro atoms. The number of benzene rings is 1. The van der Waals surface area contributed by atoms with Gasteiger partial charge in [0.05, 0.1) is 0 Å². The molecule has 1 N–H and O–H groups in total. The first-order chi connectivity index (χ1) is 9.91. The smallest absolute Gasteiger partial charge is 0.250 e. The van der Waals surface area contributed by atoms with E-state index in [0.717, 1.165) is 16.6 Å². The Kier molecular flexibility index (Phi) is 2.60. The van der Waals surface area contributed by atoms with E-state index in [9.17, 15) is 9.59 Å². The van der Waals surface area contributed by atoms with Crippen molar-refractivity contribution in [2.45, 2.75) is 25.9 Å². The van der Waals surface area contributed by atoms with Crippen molar-refractivity contribution < 1.29 is 9.59 Å². The van der Waals surface area contributed by atoms with Gasteiger partial charge in [0, 0.05) is 11.0 Å². The Labute approximate surface area is 132 Å². The van der Waals surface area contributed by atoms with E-state index >= 15 is 0 Å². The molecule has 0 radical (unpaired) electrons. The predicted molar refractivity (Wildman–Crippen MR) is 81.3 cm³/mol. The van der Waals surface area contributed by atoms with E-state index in [1.54, 1.807) is 4.90 Å². The van der Waals surface area contributed by atoms with Crippen molar-refractivity contribution in [3.63, 3.8) is 0 Å². The Bertz CT molecular complexity index is 640. The summed E-state index contributed by atoms with van der Waals surface area (Å²) in [6.45, 7) is 5.11. The zero-order valence-corrected chi connectivity index (χ0v) is 13.6. The molecule has 2 aliphatic heterocycles. The van der Waals surface area contributed by atoms with E-state index in [1.165, 1.54) is 0 Å². The van der Waals surface area contributed by atoms with Crippen molar-refractivity contribution in [2.24, 2.45) is 17.3 Å². The van der Waals surface area contributed by atoms with Crippen molar-refractivity contribution in [1.29, 1.82) is 0 Å². The molecule has 2 amide bonds. The van der Waals surface area contributed by atoms with Gasteiger partial charge >= 0.3 is 0 Å². The van der Waals surface area contributed by atoms with Gasteiger partial charge in [0.15, 0.2) is 0 Å². The molecule has 3 aliphatic rings. The number of carbonyl (C=O) groups excluding carboxylic acids is 2.